The molecule has 104 valence electrons. The number of primary amides is 1. The van der Waals surface area contributed by atoms with Gasteiger partial charge in [0.2, 0.25) is 5.88 Å². The number of nitrogens with two attached hydrogens (primary N) is 1. The first-order valence-electron chi connectivity index (χ1n) is 6.13. The summed E-state index contributed by atoms with van der Waals surface area (Å²) >= 11 is 0. The normalized spacial score (nSPS) is 10.1. The Labute approximate surface area is 117 Å². The Morgan fingerprint density at radius 1 is 1.35 bits per heavy atom. The van der Waals surface area contributed by atoms with E-state index in [4.69, 9.17) is 15.2 Å². The quantitative estimate of drug-likeness (QED) is 0.902. The molecule has 20 heavy (non-hydrogen) atoms. The van der Waals surface area contributed by atoms with Crippen molar-refractivity contribution in [1.29, 1.82) is 0 Å². The van der Waals surface area contributed by atoms with Crippen molar-refractivity contribution in [2.45, 2.75) is 6.92 Å². The van der Waals surface area contributed by atoms with Gasteiger partial charge in [0.05, 0.1) is 7.11 Å². The van der Waals surface area contributed by atoms with E-state index in [9.17, 15) is 4.79 Å². The number of aryl methyl sites for hydroxylation is 1. The van der Waals surface area contributed by atoms with Gasteiger partial charge in [0, 0.05) is 11.8 Å². The maximum absolute atomic E-state index is 10.7. The van der Waals surface area contributed by atoms with Gasteiger partial charge in [-0.15, -0.1) is 0 Å². The van der Waals surface area contributed by atoms with E-state index >= 15 is 0 Å². The van der Waals surface area contributed by atoms with Gasteiger partial charge < -0.3 is 15.2 Å². The summed E-state index contributed by atoms with van der Waals surface area (Å²) < 4.78 is 10.6. The summed E-state index contributed by atoms with van der Waals surface area (Å²) in [6, 6.07) is 9.44. The van der Waals surface area contributed by atoms with Crippen LogP contribution in [0.5, 0.6) is 11.6 Å². The van der Waals surface area contributed by atoms with Crippen molar-refractivity contribution in [2.24, 2.45) is 5.73 Å². The van der Waals surface area contributed by atoms with Crippen LogP contribution in [0.15, 0.2) is 36.5 Å². The van der Waals surface area contributed by atoms with Gasteiger partial charge in [-0.05, 0) is 42.3 Å². The number of hydrogen-bond donors (Lipinski definition) is 1. The Bertz CT molecular complexity index is 626. The van der Waals surface area contributed by atoms with Crippen molar-refractivity contribution in [3.8, 4) is 22.8 Å². The lowest BCUT2D eigenvalue weighted by Crippen LogP contribution is -2.20. The number of carbonyl (C=O) groups is 1. The summed E-state index contributed by atoms with van der Waals surface area (Å²) in [5, 5.41) is 0. The summed E-state index contributed by atoms with van der Waals surface area (Å²) in [5.41, 5.74) is 7.85. The molecule has 1 aromatic heterocycles. The van der Waals surface area contributed by atoms with Gasteiger partial charge in [0.1, 0.15) is 5.75 Å². The molecule has 1 heterocycles. The van der Waals surface area contributed by atoms with Crippen molar-refractivity contribution in [2.75, 3.05) is 13.7 Å². The third kappa shape index (κ3) is 3.06. The van der Waals surface area contributed by atoms with Crippen LogP contribution < -0.4 is 15.2 Å². The number of aromatic nitrogens is 1. The average molecular weight is 272 g/mol. The molecule has 1 aromatic carbocycles. The zero-order chi connectivity index (χ0) is 14.5. The van der Waals surface area contributed by atoms with Crippen LogP contribution in [0, 0.1) is 6.92 Å². The van der Waals surface area contributed by atoms with Crippen LogP contribution in [0.2, 0.25) is 0 Å². The van der Waals surface area contributed by atoms with E-state index in [1.54, 1.807) is 19.4 Å². The topological polar surface area (TPSA) is 74.4 Å². The zero-order valence-corrected chi connectivity index (χ0v) is 11.4. The molecular weight excluding hydrogens is 256 g/mol. The monoisotopic (exact) mass is 272 g/mol. The van der Waals surface area contributed by atoms with Crippen molar-refractivity contribution < 1.29 is 14.3 Å². The van der Waals surface area contributed by atoms with Crippen LogP contribution in [0.1, 0.15) is 5.56 Å². The van der Waals surface area contributed by atoms with E-state index in [1.165, 1.54) is 0 Å². The molecule has 0 fully saturated rings. The highest BCUT2D eigenvalue weighted by molar-refractivity contribution is 5.75. The van der Waals surface area contributed by atoms with Crippen molar-refractivity contribution >= 4 is 5.91 Å². The first-order chi connectivity index (χ1) is 9.61. The largest absolute Gasteiger partial charge is 0.484 e. The maximum atomic E-state index is 10.7. The molecule has 0 unspecified atom stereocenters. The second kappa shape index (κ2) is 6.06. The Kier molecular flexibility index (Phi) is 4.20. The molecule has 0 aliphatic heterocycles. The van der Waals surface area contributed by atoms with Gasteiger partial charge in [0.25, 0.3) is 5.91 Å². The number of amides is 1. The fourth-order valence-electron chi connectivity index (χ4n) is 1.90. The molecule has 0 aliphatic carbocycles. The Balaban J connectivity index is 2.31. The van der Waals surface area contributed by atoms with Crippen molar-refractivity contribution in [3.05, 3.63) is 42.1 Å². The fourth-order valence-corrected chi connectivity index (χ4v) is 1.90. The van der Waals surface area contributed by atoms with Crippen LogP contribution in [0.3, 0.4) is 0 Å². The summed E-state index contributed by atoms with van der Waals surface area (Å²) in [6.45, 7) is 1.78. The van der Waals surface area contributed by atoms with Crippen LogP contribution >= 0.6 is 0 Å². The number of ether oxygens (including phenoxy) is 2. The predicted molar refractivity (Wildman–Crippen MR) is 75.7 cm³/mol. The minimum Gasteiger partial charge on any atom is -0.484 e. The van der Waals surface area contributed by atoms with Crippen LogP contribution in [0.4, 0.5) is 0 Å². The molecule has 2 rings (SSSR count). The summed E-state index contributed by atoms with van der Waals surface area (Å²) in [6.07, 6.45) is 1.68. The SMILES string of the molecule is COc1ncccc1-c1ccc(OCC(N)=O)c(C)c1. The minimum absolute atomic E-state index is 0.129. The number of nitrogens with zero attached hydrogens (tertiary/aromatic N) is 1. The fraction of sp³-hybridized carbons (Fsp3) is 0.200. The molecule has 0 aliphatic rings. The molecule has 5 nitrogen and oxygen atoms in total. The first-order valence-corrected chi connectivity index (χ1v) is 6.13. The van der Waals surface area contributed by atoms with E-state index in [1.807, 2.05) is 31.2 Å². The second-order valence-electron chi connectivity index (χ2n) is 4.30. The van der Waals surface area contributed by atoms with Crippen LogP contribution in [-0.2, 0) is 4.79 Å². The molecule has 5 heteroatoms. The third-order valence-electron chi connectivity index (χ3n) is 2.82. The van der Waals surface area contributed by atoms with Crippen LogP contribution in [0.25, 0.3) is 11.1 Å². The van der Waals surface area contributed by atoms with E-state index in [-0.39, 0.29) is 6.61 Å². The molecule has 2 N–H and O–H groups in total. The lowest BCUT2D eigenvalue weighted by atomic mass is 10.0. The van der Waals surface area contributed by atoms with Gasteiger partial charge >= 0.3 is 0 Å². The second-order valence-corrected chi connectivity index (χ2v) is 4.30. The van der Waals surface area contributed by atoms with E-state index in [0.29, 0.717) is 11.6 Å². The smallest absolute Gasteiger partial charge is 0.255 e. The highest BCUT2D eigenvalue weighted by Crippen LogP contribution is 2.30. The first kappa shape index (κ1) is 13.9. The van der Waals surface area contributed by atoms with Gasteiger partial charge in [-0.2, -0.15) is 0 Å². The average Bonchev–Trinajstić information content (AvgIpc) is 2.45. The standard InChI is InChI=1S/C15H16N2O3/c1-10-8-11(5-6-13(10)20-9-14(16)18)12-4-3-7-17-15(12)19-2/h3-8H,9H2,1-2H3,(H2,16,18). The van der Waals surface area contributed by atoms with Crippen molar-refractivity contribution in [3.63, 3.8) is 0 Å². The highest BCUT2D eigenvalue weighted by Gasteiger charge is 2.09. The number of methoxy groups -OCH3 is 1. The lowest BCUT2D eigenvalue weighted by Gasteiger charge is -2.11. The number of pyridine rings is 1. The highest BCUT2D eigenvalue weighted by atomic mass is 16.5. The zero-order valence-electron chi connectivity index (χ0n) is 11.4. The number of hydrogen-bond acceptors (Lipinski definition) is 4. The molecule has 0 saturated carbocycles. The van der Waals surface area contributed by atoms with Gasteiger partial charge in [-0.25, -0.2) is 4.98 Å². The van der Waals surface area contributed by atoms with Gasteiger partial charge in [-0.1, -0.05) is 6.07 Å². The van der Waals surface area contributed by atoms with Gasteiger partial charge in [-0.3, -0.25) is 4.79 Å². The summed E-state index contributed by atoms with van der Waals surface area (Å²) in [5.74, 6) is 0.704. The molecular formula is C15H16N2O3. The summed E-state index contributed by atoms with van der Waals surface area (Å²) in [4.78, 5) is 14.9. The van der Waals surface area contributed by atoms with E-state index in [2.05, 4.69) is 4.98 Å². The lowest BCUT2D eigenvalue weighted by molar-refractivity contribution is -0.119. The molecule has 0 atom stereocenters. The van der Waals surface area contributed by atoms with Gasteiger partial charge in [0.15, 0.2) is 6.61 Å². The molecule has 2 aromatic rings. The van der Waals surface area contributed by atoms with E-state index < -0.39 is 5.91 Å². The van der Waals surface area contributed by atoms with E-state index in [0.717, 1.165) is 16.7 Å². The number of benzene rings is 1. The Morgan fingerprint density at radius 3 is 2.80 bits per heavy atom. The minimum atomic E-state index is -0.498. The number of rotatable bonds is 5. The predicted octanol–water partition coefficient (Wildman–Crippen LogP) is 1.93. The number of carbonyl (C=O) groups excluding carboxylic acids is 1. The maximum Gasteiger partial charge on any atom is 0.255 e. The molecule has 0 bridgehead atoms. The Morgan fingerprint density at radius 2 is 2.15 bits per heavy atom. The molecule has 0 spiro atoms. The molecule has 0 saturated heterocycles. The molecule has 1 amide bonds. The van der Waals surface area contributed by atoms with Crippen LogP contribution in [-0.4, -0.2) is 24.6 Å². The Hall–Kier alpha value is -2.56. The molecule has 0 radical (unpaired) electrons. The third-order valence-corrected chi connectivity index (χ3v) is 2.82. The summed E-state index contributed by atoms with van der Waals surface area (Å²) in [7, 11) is 1.59. The van der Waals surface area contributed by atoms with Crippen molar-refractivity contribution in [1.82, 2.24) is 4.98 Å².